The molecular weight excluding hydrogens is 332 g/mol. The van der Waals surface area contributed by atoms with Crippen molar-refractivity contribution in [1.29, 1.82) is 0 Å². The van der Waals surface area contributed by atoms with Gasteiger partial charge in [-0.3, -0.25) is 4.79 Å². The summed E-state index contributed by atoms with van der Waals surface area (Å²) in [5.74, 6) is 1.24. The van der Waals surface area contributed by atoms with E-state index in [1.54, 1.807) is 11.3 Å². The van der Waals surface area contributed by atoms with Crippen LogP contribution in [0.4, 0.5) is 0 Å². The average Bonchev–Trinajstić information content (AvgIpc) is 2.95. The molecular formula is C16H29ClN4OS. The molecule has 1 atom stereocenters. The first-order valence-corrected chi connectivity index (χ1v) is 8.98. The van der Waals surface area contributed by atoms with Crippen LogP contribution in [0.5, 0.6) is 0 Å². The SMILES string of the molecule is CC(CC(=O)NCc1nnc(C(C)(C)C)s1)C1CCNCC1.Cl. The van der Waals surface area contributed by atoms with Crippen molar-refractivity contribution in [1.82, 2.24) is 20.8 Å². The van der Waals surface area contributed by atoms with Crippen molar-refractivity contribution < 1.29 is 4.79 Å². The molecule has 1 fully saturated rings. The maximum Gasteiger partial charge on any atom is 0.220 e. The molecule has 7 heteroatoms. The molecule has 23 heavy (non-hydrogen) atoms. The minimum Gasteiger partial charge on any atom is -0.350 e. The van der Waals surface area contributed by atoms with Gasteiger partial charge < -0.3 is 10.6 Å². The molecule has 1 amide bonds. The second-order valence-electron chi connectivity index (χ2n) is 7.30. The molecule has 1 aromatic rings. The van der Waals surface area contributed by atoms with Crippen LogP contribution in [0.15, 0.2) is 0 Å². The van der Waals surface area contributed by atoms with Crippen molar-refractivity contribution in [2.45, 2.75) is 58.9 Å². The van der Waals surface area contributed by atoms with Gasteiger partial charge in [0.25, 0.3) is 0 Å². The topological polar surface area (TPSA) is 66.9 Å². The minimum atomic E-state index is 0. The van der Waals surface area contributed by atoms with Gasteiger partial charge in [-0.15, -0.1) is 22.6 Å². The second-order valence-corrected chi connectivity index (χ2v) is 8.36. The van der Waals surface area contributed by atoms with E-state index in [4.69, 9.17) is 0 Å². The Kier molecular flexibility index (Phi) is 7.90. The largest absolute Gasteiger partial charge is 0.350 e. The van der Waals surface area contributed by atoms with E-state index in [1.807, 2.05) is 0 Å². The molecule has 2 heterocycles. The lowest BCUT2D eigenvalue weighted by atomic mass is 9.84. The van der Waals surface area contributed by atoms with Gasteiger partial charge >= 0.3 is 0 Å². The third kappa shape index (κ3) is 6.36. The van der Waals surface area contributed by atoms with Gasteiger partial charge in [-0.2, -0.15) is 0 Å². The average molecular weight is 361 g/mol. The number of nitrogens with one attached hydrogen (secondary N) is 2. The lowest BCUT2D eigenvalue weighted by Crippen LogP contribution is -2.33. The lowest BCUT2D eigenvalue weighted by Gasteiger charge is -2.27. The molecule has 5 nitrogen and oxygen atoms in total. The first kappa shape index (κ1) is 20.3. The van der Waals surface area contributed by atoms with Crippen LogP contribution in [-0.4, -0.2) is 29.2 Å². The normalized spacial score (nSPS) is 17.4. The molecule has 0 aliphatic carbocycles. The van der Waals surface area contributed by atoms with Crippen LogP contribution in [0.1, 0.15) is 57.0 Å². The molecule has 1 aromatic heterocycles. The predicted octanol–water partition coefficient (Wildman–Crippen LogP) is 2.90. The zero-order chi connectivity index (χ0) is 16.2. The molecule has 1 aliphatic rings. The molecule has 0 radical (unpaired) electrons. The van der Waals surface area contributed by atoms with E-state index in [0.717, 1.165) is 23.1 Å². The van der Waals surface area contributed by atoms with Crippen LogP contribution in [0.25, 0.3) is 0 Å². The molecule has 1 saturated heterocycles. The Morgan fingerprint density at radius 1 is 1.35 bits per heavy atom. The third-order valence-electron chi connectivity index (χ3n) is 4.24. The van der Waals surface area contributed by atoms with Crippen LogP contribution < -0.4 is 10.6 Å². The summed E-state index contributed by atoms with van der Waals surface area (Å²) >= 11 is 1.58. The number of nitrogens with zero attached hydrogens (tertiary/aromatic N) is 2. The number of hydrogen-bond donors (Lipinski definition) is 2. The van der Waals surface area contributed by atoms with E-state index in [1.165, 1.54) is 12.8 Å². The van der Waals surface area contributed by atoms with Gasteiger partial charge in [0, 0.05) is 11.8 Å². The number of halogens is 1. The van der Waals surface area contributed by atoms with Crippen LogP contribution in [0.3, 0.4) is 0 Å². The predicted molar refractivity (Wildman–Crippen MR) is 97.1 cm³/mol. The monoisotopic (exact) mass is 360 g/mol. The molecule has 0 saturated carbocycles. The quantitative estimate of drug-likeness (QED) is 0.847. The summed E-state index contributed by atoms with van der Waals surface area (Å²) in [7, 11) is 0. The first-order chi connectivity index (χ1) is 10.4. The zero-order valence-electron chi connectivity index (χ0n) is 14.5. The summed E-state index contributed by atoms with van der Waals surface area (Å²) in [6.07, 6.45) is 2.97. The second kappa shape index (κ2) is 8.94. The Morgan fingerprint density at radius 3 is 2.57 bits per heavy atom. The van der Waals surface area contributed by atoms with Crippen molar-refractivity contribution in [2.75, 3.05) is 13.1 Å². The van der Waals surface area contributed by atoms with E-state index in [2.05, 4.69) is 48.5 Å². The summed E-state index contributed by atoms with van der Waals surface area (Å²) < 4.78 is 0. The highest BCUT2D eigenvalue weighted by atomic mass is 35.5. The molecule has 0 bridgehead atoms. The van der Waals surface area contributed by atoms with Crippen LogP contribution in [-0.2, 0) is 16.8 Å². The van der Waals surface area contributed by atoms with E-state index >= 15 is 0 Å². The number of carbonyl (C=O) groups is 1. The van der Waals surface area contributed by atoms with Gasteiger partial charge in [-0.25, -0.2) is 0 Å². The summed E-state index contributed by atoms with van der Waals surface area (Å²) in [4.78, 5) is 12.1. The van der Waals surface area contributed by atoms with Crippen LogP contribution in [0, 0.1) is 11.8 Å². The number of piperidine rings is 1. The summed E-state index contributed by atoms with van der Waals surface area (Å²) in [6, 6.07) is 0. The van der Waals surface area contributed by atoms with Gasteiger partial charge in [0.05, 0.1) is 6.54 Å². The van der Waals surface area contributed by atoms with Gasteiger partial charge in [0.1, 0.15) is 10.0 Å². The molecule has 0 aromatic carbocycles. The number of rotatable bonds is 5. The Balaban J connectivity index is 0.00000264. The molecule has 2 N–H and O–H groups in total. The lowest BCUT2D eigenvalue weighted by molar-refractivity contribution is -0.122. The fraction of sp³-hybridized carbons (Fsp3) is 0.812. The molecule has 2 rings (SSSR count). The highest BCUT2D eigenvalue weighted by molar-refractivity contribution is 7.11. The summed E-state index contributed by atoms with van der Waals surface area (Å²) in [6.45, 7) is 11.2. The number of carbonyl (C=O) groups excluding carboxylic acids is 1. The molecule has 132 valence electrons. The van der Waals surface area contributed by atoms with Crippen molar-refractivity contribution in [3.8, 4) is 0 Å². The maximum atomic E-state index is 12.1. The number of hydrogen-bond acceptors (Lipinski definition) is 5. The number of amides is 1. The van der Waals surface area contributed by atoms with Crippen LogP contribution in [0.2, 0.25) is 0 Å². The fourth-order valence-corrected chi connectivity index (χ4v) is 3.58. The van der Waals surface area contributed by atoms with E-state index < -0.39 is 0 Å². The smallest absolute Gasteiger partial charge is 0.220 e. The minimum absolute atomic E-state index is 0. The summed E-state index contributed by atoms with van der Waals surface area (Å²) in [5.41, 5.74) is 0.0173. The molecule has 0 spiro atoms. The van der Waals surface area contributed by atoms with E-state index in [9.17, 15) is 4.79 Å². The molecule has 1 aliphatic heterocycles. The highest BCUT2D eigenvalue weighted by Crippen LogP contribution is 2.26. The Morgan fingerprint density at radius 2 is 2.00 bits per heavy atom. The van der Waals surface area contributed by atoms with E-state index in [0.29, 0.717) is 24.8 Å². The Hall–Kier alpha value is -0.720. The highest BCUT2D eigenvalue weighted by Gasteiger charge is 2.22. The van der Waals surface area contributed by atoms with E-state index in [-0.39, 0.29) is 23.7 Å². The molecule has 1 unspecified atom stereocenters. The van der Waals surface area contributed by atoms with Gasteiger partial charge in [-0.1, -0.05) is 39.0 Å². The van der Waals surface area contributed by atoms with Crippen LogP contribution >= 0.6 is 23.7 Å². The standard InChI is InChI=1S/C16H28N4OS.ClH/c1-11(12-5-7-17-8-6-12)9-13(21)18-10-14-19-20-15(22-14)16(2,3)4;/h11-12,17H,5-10H2,1-4H3,(H,18,21);1H. The van der Waals surface area contributed by atoms with Crippen molar-refractivity contribution in [3.63, 3.8) is 0 Å². The van der Waals surface area contributed by atoms with Crippen molar-refractivity contribution >= 4 is 29.7 Å². The number of aromatic nitrogens is 2. The third-order valence-corrected chi connectivity index (χ3v) is 5.59. The zero-order valence-corrected chi connectivity index (χ0v) is 16.1. The van der Waals surface area contributed by atoms with Crippen molar-refractivity contribution in [3.05, 3.63) is 10.0 Å². The van der Waals surface area contributed by atoms with Gasteiger partial charge in [0.2, 0.25) is 5.91 Å². The summed E-state index contributed by atoms with van der Waals surface area (Å²) in [5, 5.41) is 16.6. The first-order valence-electron chi connectivity index (χ1n) is 8.16. The fourth-order valence-electron chi connectivity index (χ4n) is 2.75. The van der Waals surface area contributed by atoms with Crippen molar-refractivity contribution in [2.24, 2.45) is 11.8 Å². The Bertz CT molecular complexity index is 495. The van der Waals surface area contributed by atoms with Gasteiger partial charge in [-0.05, 0) is 37.8 Å². The van der Waals surface area contributed by atoms with Gasteiger partial charge in [0.15, 0.2) is 0 Å². The maximum absolute atomic E-state index is 12.1. The Labute approximate surface area is 149 Å².